The first-order valence-electron chi connectivity index (χ1n) is 6.96. The molecule has 0 saturated carbocycles. The van der Waals surface area contributed by atoms with Gasteiger partial charge in [0.2, 0.25) is 0 Å². The van der Waals surface area contributed by atoms with Gasteiger partial charge in [-0.05, 0) is 55.0 Å². The number of hydrogen-bond acceptors (Lipinski definition) is 3. The van der Waals surface area contributed by atoms with E-state index in [2.05, 4.69) is 11.4 Å². The summed E-state index contributed by atoms with van der Waals surface area (Å²) in [5, 5.41) is 2.97. The number of fused-ring (bicyclic) bond motifs is 1. The summed E-state index contributed by atoms with van der Waals surface area (Å²) < 4.78 is 0. The molecule has 1 amide bonds. The molecular formula is C16H18N2OS. The second-order valence-corrected chi connectivity index (χ2v) is 6.33. The summed E-state index contributed by atoms with van der Waals surface area (Å²) in [7, 11) is 0. The molecule has 3 rings (SSSR count). The first-order chi connectivity index (χ1) is 9.72. The highest BCUT2D eigenvalue weighted by atomic mass is 32.1. The maximum atomic E-state index is 12.2. The minimum Gasteiger partial charge on any atom is -0.399 e. The first kappa shape index (κ1) is 13.2. The Bertz CT molecular complexity index is 610. The molecule has 1 heterocycles. The summed E-state index contributed by atoms with van der Waals surface area (Å²) in [6, 6.07) is 9.67. The van der Waals surface area contributed by atoms with Gasteiger partial charge in [0.05, 0.1) is 4.88 Å². The molecule has 0 fully saturated rings. The van der Waals surface area contributed by atoms with Gasteiger partial charge < -0.3 is 11.1 Å². The van der Waals surface area contributed by atoms with Crippen LogP contribution in [0, 0.1) is 0 Å². The van der Waals surface area contributed by atoms with Crippen LogP contribution >= 0.6 is 11.3 Å². The number of nitrogen functional groups attached to an aromatic ring is 1. The quantitative estimate of drug-likeness (QED) is 0.852. The third-order valence-electron chi connectivity index (χ3n) is 3.62. The highest BCUT2D eigenvalue weighted by molar-refractivity contribution is 7.14. The van der Waals surface area contributed by atoms with Crippen molar-refractivity contribution in [3.8, 4) is 0 Å². The molecule has 0 radical (unpaired) electrons. The van der Waals surface area contributed by atoms with Crippen molar-refractivity contribution in [2.45, 2.75) is 32.2 Å². The van der Waals surface area contributed by atoms with E-state index in [1.54, 1.807) is 11.3 Å². The lowest BCUT2D eigenvalue weighted by Gasteiger charge is -2.08. The van der Waals surface area contributed by atoms with Gasteiger partial charge in [0.25, 0.3) is 5.91 Å². The monoisotopic (exact) mass is 286 g/mol. The number of aryl methyl sites for hydroxylation is 2. The number of nitrogens with one attached hydrogen (secondary N) is 1. The zero-order valence-corrected chi connectivity index (χ0v) is 12.1. The molecule has 0 spiro atoms. The molecule has 20 heavy (non-hydrogen) atoms. The molecule has 1 aliphatic rings. The zero-order chi connectivity index (χ0) is 13.9. The Morgan fingerprint density at radius 1 is 1.25 bits per heavy atom. The molecule has 4 heteroatoms. The largest absolute Gasteiger partial charge is 0.399 e. The number of thiophene rings is 1. The molecule has 0 atom stereocenters. The minimum atomic E-state index is 0.0202. The maximum Gasteiger partial charge on any atom is 0.261 e. The van der Waals surface area contributed by atoms with Crippen molar-refractivity contribution in [2.75, 3.05) is 5.73 Å². The van der Waals surface area contributed by atoms with Crippen LogP contribution in [0.1, 0.15) is 38.5 Å². The predicted octanol–water partition coefficient (Wildman–Crippen LogP) is 3.14. The van der Waals surface area contributed by atoms with E-state index in [9.17, 15) is 4.79 Å². The van der Waals surface area contributed by atoms with Crippen LogP contribution in [-0.2, 0) is 19.4 Å². The van der Waals surface area contributed by atoms with Crippen LogP contribution in [0.4, 0.5) is 5.69 Å². The zero-order valence-electron chi connectivity index (χ0n) is 11.3. The van der Waals surface area contributed by atoms with E-state index in [1.165, 1.54) is 23.3 Å². The number of carbonyl (C=O) groups excluding carboxylic acids is 1. The molecule has 2 aromatic rings. The summed E-state index contributed by atoms with van der Waals surface area (Å²) in [5.41, 5.74) is 8.86. The Hall–Kier alpha value is -1.81. The van der Waals surface area contributed by atoms with Crippen LogP contribution in [0.2, 0.25) is 0 Å². The minimum absolute atomic E-state index is 0.0202. The van der Waals surface area contributed by atoms with Crippen LogP contribution < -0.4 is 11.1 Å². The van der Waals surface area contributed by atoms with Crippen LogP contribution in [-0.4, -0.2) is 5.91 Å². The van der Waals surface area contributed by atoms with Gasteiger partial charge in [-0.25, -0.2) is 0 Å². The predicted molar refractivity (Wildman–Crippen MR) is 83.0 cm³/mol. The normalized spacial score (nSPS) is 13.8. The molecule has 3 N–H and O–H groups in total. The number of benzene rings is 1. The fraction of sp³-hybridized carbons (Fsp3) is 0.312. The molecule has 0 aliphatic heterocycles. The number of anilines is 1. The van der Waals surface area contributed by atoms with Gasteiger partial charge in [-0.1, -0.05) is 12.1 Å². The van der Waals surface area contributed by atoms with Crippen molar-refractivity contribution in [2.24, 2.45) is 0 Å². The summed E-state index contributed by atoms with van der Waals surface area (Å²) >= 11 is 1.64. The number of amides is 1. The number of rotatable bonds is 3. The maximum absolute atomic E-state index is 12.2. The highest BCUT2D eigenvalue weighted by Gasteiger charge is 2.16. The number of nitrogens with two attached hydrogens (primary N) is 1. The molecular weight excluding hydrogens is 268 g/mol. The van der Waals surface area contributed by atoms with Crippen LogP contribution in [0.15, 0.2) is 30.3 Å². The number of carbonyl (C=O) groups is 1. The third-order valence-corrected chi connectivity index (χ3v) is 4.86. The fourth-order valence-corrected chi connectivity index (χ4v) is 3.75. The lowest BCUT2D eigenvalue weighted by atomic mass is 9.99. The molecule has 0 unspecified atom stereocenters. The van der Waals surface area contributed by atoms with E-state index in [4.69, 9.17) is 5.73 Å². The van der Waals surface area contributed by atoms with Gasteiger partial charge >= 0.3 is 0 Å². The Morgan fingerprint density at radius 2 is 2.10 bits per heavy atom. The van der Waals surface area contributed by atoms with E-state index in [-0.39, 0.29) is 5.91 Å². The third kappa shape index (κ3) is 2.85. The van der Waals surface area contributed by atoms with E-state index in [0.29, 0.717) is 6.54 Å². The average Bonchev–Trinajstić information content (AvgIpc) is 2.89. The molecule has 1 aromatic carbocycles. The topological polar surface area (TPSA) is 55.1 Å². The molecule has 1 aliphatic carbocycles. The van der Waals surface area contributed by atoms with E-state index < -0.39 is 0 Å². The fourth-order valence-electron chi connectivity index (χ4n) is 2.58. The molecule has 104 valence electrons. The van der Waals surface area contributed by atoms with Gasteiger partial charge in [-0.3, -0.25) is 4.79 Å². The highest BCUT2D eigenvalue weighted by Crippen LogP contribution is 2.29. The lowest BCUT2D eigenvalue weighted by molar-refractivity contribution is 0.0955. The average molecular weight is 286 g/mol. The first-order valence-corrected chi connectivity index (χ1v) is 7.78. The molecule has 0 saturated heterocycles. The van der Waals surface area contributed by atoms with Gasteiger partial charge in [0.15, 0.2) is 0 Å². The van der Waals surface area contributed by atoms with Gasteiger partial charge in [-0.15, -0.1) is 11.3 Å². The van der Waals surface area contributed by atoms with Crippen LogP contribution in [0.3, 0.4) is 0 Å². The molecule has 0 bridgehead atoms. The van der Waals surface area contributed by atoms with Gasteiger partial charge in [-0.2, -0.15) is 0 Å². The second kappa shape index (κ2) is 5.67. The summed E-state index contributed by atoms with van der Waals surface area (Å²) in [6.07, 6.45) is 4.74. The Morgan fingerprint density at radius 3 is 2.90 bits per heavy atom. The van der Waals surface area contributed by atoms with Crippen molar-refractivity contribution in [1.29, 1.82) is 0 Å². The van der Waals surface area contributed by atoms with Crippen LogP contribution in [0.25, 0.3) is 0 Å². The summed E-state index contributed by atoms with van der Waals surface area (Å²) in [5.74, 6) is 0.0202. The van der Waals surface area contributed by atoms with E-state index >= 15 is 0 Å². The van der Waals surface area contributed by atoms with Gasteiger partial charge in [0.1, 0.15) is 0 Å². The standard InChI is InChI=1S/C16H18N2OS/c17-13-6-3-4-11(8-13)10-18-16(19)15-9-12-5-1-2-7-14(12)20-15/h3-4,6,8-9H,1-2,5,7,10,17H2,(H,18,19). The Balaban J connectivity index is 1.66. The van der Waals surface area contributed by atoms with Crippen molar-refractivity contribution >= 4 is 22.9 Å². The van der Waals surface area contributed by atoms with Crippen LogP contribution in [0.5, 0.6) is 0 Å². The van der Waals surface area contributed by atoms with Crippen molar-refractivity contribution in [3.05, 3.63) is 51.2 Å². The van der Waals surface area contributed by atoms with E-state index in [1.807, 2.05) is 24.3 Å². The van der Waals surface area contributed by atoms with E-state index in [0.717, 1.165) is 29.0 Å². The lowest BCUT2D eigenvalue weighted by Crippen LogP contribution is -2.21. The number of hydrogen-bond donors (Lipinski definition) is 2. The van der Waals surface area contributed by atoms with Crippen molar-refractivity contribution < 1.29 is 4.79 Å². The second-order valence-electron chi connectivity index (χ2n) is 5.19. The van der Waals surface area contributed by atoms with Gasteiger partial charge in [0, 0.05) is 17.1 Å². The summed E-state index contributed by atoms with van der Waals surface area (Å²) in [6.45, 7) is 0.520. The molecule has 3 nitrogen and oxygen atoms in total. The summed E-state index contributed by atoms with van der Waals surface area (Å²) in [4.78, 5) is 14.4. The van der Waals surface area contributed by atoms with Crippen molar-refractivity contribution in [1.82, 2.24) is 5.32 Å². The van der Waals surface area contributed by atoms with Crippen molar-refractivity contribution in [3.63, 3.8) is 0 Å². The molecule has 1 aromatic heterocycles. The smallest absolute Gasteiger partial charge is 0.261 e. The SMILES string of the molecule is Nc1cccc(CNC(=O)c2cc3c(s2)CCCC3)c1. The Labute approximate surface area is 122 Å². The Kier molecular flexibility index (Phi) is 3.74.